The van der Waals surface area contributed by atoms with E-state index in [0.29, 0.717) is 0 Å². The van der Waals surface area contributed by atoms with Crippen LogP contribution in [0.15, 0.2) is 21.3 Å². The van der Waals surface area contributed by atoms with Crippen LogP contribution >= 0.6 is 27.3 Å². The Kier molecular flexibility index (Phi) is 6.96. The molecule has 4 heteroatoms. The lowest BCUT2D eigenvalue weighted by Crippen LogP contribution is -2.19. The number of ether oxygens (including phenoxy) is 1. The second kappa shape index (κ2) is 8.01. The first-order valence-corrected chi connectivity index (χ1v) is 7.07. The monoisotopic (exact) mass is 303 g/mol. The van der Waals surface area contributed by atoms with E-state index in [1.165, 1.54) is 15.6 Å². The fraction of sp³-hybridized carbons (Fsp3) is 0.500. The third kappa shape index (κ3) is 4.78. The summed E-state index contributed by atoms with van der Waals surface area (Å²) < 4.78 is 6.15. The molecule has 1 N–H and O–H groups in total. The van der Waals surface area contributed by atoms with Crippen LogP contribution in [0.4, 0.5) is 0 Å². The van der Waals surface area contributed by atoms with Crippen molar-refractivity contribution in [2.75, 3.05) is 26.8 Å². The second-order valence-electron chi connectivity index (χ2n) is 3.55. The van der Waals surface area contributed by atoms with Gasteiger partial charge >= 0.3 is 0 Å². The third-order valence-corrected chi connectivity index (χ3v) is 4.00. The minimum atomic E-state index is 0.777. The van der Waals surface area contributed by atoms with E-state index in [0.717, 1.165) is 26.1 Å². The van der Waals surface area contributed by atoms with Gasteiger partial charge in [0.2, 0.25) is 0 Å². The van der Waals surface area contributed by atoms with Gasteiger partial charge in [0, 0.05) is 29.1 Å². The molecule has 0 aromatic carbocycles. The average Bonchev–Trinajstić information content (AvgIpc) is 2.69. The Morgan fingerprint density at radius 1 is 1.50 bits per heavy atom. The second-order valence-corrected chi connectivity index (χ2v) is 5.15. The van der Waals surface area contributed by atoms with Crippen LogP contribution in [0.25, 0.3) is 5.57 Å². The van der Waals surface area contributed by atoms with Crippen LogP contribution in [-0.2, 0) is 4.74 Å². The number of hydrogen-bond donors (Lipinski definition) is 1. The number of hydrogen-bond acceptors (Lipinski definition) is 3. The van der Waals surface area contributed by atoms with E-state index in [9.17, 15) is 0 Å². The van der Waals surface area contributed by atoms with Crippen molar-refractivity contribution in [2.24, 2.45) is 0 Å². The zero-order chi connectivity index (χ0) is 11.8. The highest BCUT2D eigenvalue weighted by Gasteiger charge is 2.01. The van der Waals surface area contributed by atoms with Crippen LogP contribution in [0.2, 0.25) is 0 Å². The molecule has 0 spiro atoms. The van der Waals surface area contributed by atoms with Crippen LogP contribution < -0.4 is 5.32 Å². The van der Waals surface area contributed by atoms with E-state index < -0.39 is 0 Å². The first kappa shape index (κ1) is 13.9. The van der Waals surface area contributed by atoms with Gasteiger partial charge in [-0.25, -0.2) is 0 Å². The fourth-order valence-electron chi connectivity index (χ4n) is 1.36. The fourth-order valence-corrected chi connectivity index (χ4v) is 3.03. The first-order valence-electron chi connectivity index (χ1n) is 5.34. The Morgan fingerprint density at radius 3 is 2.94 bits per heavy atom. The molecule has 0 aliphatic rings. The summed E-state index contributed by atoms with van der Waals surface area (Å²) in [5.41, 5.74) is 2.64. The van der Waals surface area contributed by atoms with Crippen molar-refractivity contribution >= 4 is 32.8 Å². The summed E-state index contributed by atoms with van der Waals surface area (Å²) in [6, 6.07) is 0. The van der Waals surface area contributed by atoms with Gasteiger partial charge in [0.25, 0.3) is 0 Å². The molecule has 0 aliphatic carbocycles. The number of nitrogens with one attached hydrogen (secondary N) is 1. The summed E-state index contributed by atoms with van der Waals surface area (Å²) >= 11 is 5.27. The summed E-state index contributed by atoms with van der Waals surface area (Å²) in [4.78, 5) is 0. The molecule has 0 amide bonds. The summed E-state index contributed by atoms with van der Waals surface area (Å²) in [7, 11) is 1.72. The van der Waals surface area contributed by atoms with Crippen molar-refractivity contribution in [2.45, 2.75) is 13.3 Å². The molecule has 1 rings (SSSR count). The van der Waals surface area contributed by atoms with Gasteiger partial charge in [-0.3, -0.25) is 0 Å². The highest BCUT2D eigenvalue weighted by Crippen LogP contribution is 2.27. The molecule has 1 aromatic heterocycles. The van der Waals surface area contributed by atoms with E-state index in [-0.39, 0.29) is 0 Å². The Balaban J connectivity index is 2.27. The molecule has 0 atom stereocenters. The molecule has 1 aromatic rings. The molecular formula is C12H18BrNOS. The maximum atomic E-state index is 4.96. The summed E-state index contributed by atoms with van der Waals surface area (Å²) in [6.45, 7) is 4.86. The molecule has 90 valence electrons. The van der Waals surface area contributed by atoms with Gasteiger partial charge in [-0.1, -0.05) is 6.08 Å². The molecular weight excluding hydrogens is 286 g/mol. The van der Waals surface area contributed by atoms with Gasteiger partial charge in [0.05, 0.1) is 6.61 Å². The van der Waals surface area contributed by atoms with Gasteiger partial charge in [0.1, 0.15) is 0 Å². The first-order chi connectivity index (χ1) is 7.75. The quantitative estimate of drug-likeness (QED) is 0.778. The summed E-state index contributed by atoms with van der Waals surface area (Å²) in [6.07, 6.45) is 3.32. The van der Waals surface area contributed by atoms with Crippen LogP contribution in [0.1, 0.15) is 18.9 Å². The Labute approximate surface area is 110 Å². The SMILES string of the molecule is COCCNCCC=C(C)c1cscc1Br. The molecule has 0 aliphatic heterocycles. The highest BCUT2D eigenvalue weighted by molar-refractivity contribution is 9.10. The van der Waals surface area contributed by atoms with Crippen molar-refractivity contribution < 1.29 is 4.74 Å². The zero-order valence-corrected chi connectivity index (χ0v) is 12.2. The number of allylic oxidation sites excluding steroid dienone is 1. The molecule has 0 saturated heterocycles. The number of thiophene rings is 1. The minimum absolute atomic E-state index is 0.777. The normalized spacial score (nSPS) is 12.1. The third-order valence-electron chi connectivity index (χ3n) is 2.29. The zero-order valence-electron chi connectivity index (χ0n) is 9.75. The van der Waals surface area contributed by atoms with E-state index in [1.54, 1.807) is 18.4 Å². The van der Waals surface area contributed by atoms with E-state index >= 15 is 0 Å². The topological polar surface area (TPSA) is 21.3 Å². The lowest BCUT2D eigenvalue weighted by Gasteiger charge is -2.02. The van der Waals surface area contributed by atoms with Crippen molar-refractivity contribution in [3.05, 3.63) is 26.9 Å². The predicted molar refractivity (Wildman–Crippen MR) is 75.0 cm³/mol. The lowest BCUT2D eigenvalue weighted by atomic mass is 10.1. The molecule has 16 heavy (non-hydrogen) atoms. The molecule has 0 fully saturated rings. The predicted octanol–water partition coefficient (Wildman–Crippen LogP) is 3.54. The van der Waals surface area contributed by atoms with Crippen molar-refractivity contribution in [3.8, 4) is 0 Å². The van der Waals surface area contributed by atoms with Crippen LogP contribution in [0.5, 0.6) is 0 Å². The largest absolute Gasteiger partial charge is 0.383 e. The molecule has 2 nitrogen and oxygen atoms in total. The van der Waals surface area contributed by atoms with Gasteiger partial charge in [-0.05, 0) is 46.8 Å². The van der Waals surface area contributed by atoms with Crippen molar-refractivity contribution in [1.29, 1.82) is 0 Å². The van der Waals surface area contributed by atoms with E-state index in [1.807, 2.05) is 0 Å². The standard InChI is InChI=1S/C12H18BrNOS/c1-10(11-8-16-9-12(11)13)4-3-5-14-6-7-15-2/h4,8-9,14H,3,5-7H2,1-2H3. The van der Waals surface area contributed by atoms with Gasteiger partial charge in [-0.2, -0.15) is 11.3 Å². The Morgan fingerprint density at radius 2 is 2.31 bits per heavy atom. The number of halogens is 1. The summed E-state index contributed by atoms with van der Waals surface area (Å²) in [5, 5.41) is 7.61. The average molecular weight is 304 g/mol. The minimum Gasteiger partial charge on any atom is -0.383 e. The maximum Gasteiger partial charge on any atom is 0.0587 e. The maximum absolute atomic E-state index is 4.96. The van der Waals surface area contributed by atoms with Crippen molar-refractivity contribution in [1.82, 2.24) is 5.32 Å². The van der Waals surface area contributed by atoms with Crippen LogP contribution in [-0.4, -0.2) is 26.8 Å². The summed E-state index contributed by atoms with van der Waals surface area (Å²) in [5.74, 6) is 0. The molecule has 0 bridgehead atoms. The van der Waals surface area contributed by atoms with Crippen LogP contribution in [0.3, 0.4) is 0 Å². The van der Waals surface area contributed by atoms with E-state index in [2.05, 4.69) is 45.0 Å². The van der Waals surface area contributed by atoms with Crippen molar-refractivity contribution in [3.63, 3.8) is 0 Å². The Hall–Kier alpha value is -0.160. The molecule has 0 saturated carbocycles. The highest BCUT2D eigenvalue weighted by atomic mass is 79.9. The molecule has 1 heterocycles. The number of rotatable bonds is 7. The van der Waals surface area contributed by atoms with Gasteiger partial charge in [-0.15, -0.1) is 0 Å². The Bertz CT molecular complexity index is 336. The van der Waals surface area contributed by atoms with Crippen LogP contribution in [0, 0.1) is 0 Å². The molecule has 0 unspecified atom stereocenters. The van der Waals surface area contributed by atoms with E-state index in [4.69, 9.17) is 4.74 Å². The lowest BCUT2D eigenvalue weighted by molar-refractivity contribution is 0.199. The van der Waals surface area contributed by atoms with Gasteiger partial charge < -0.3 is 10.1 Å². The number of methoxy groups -OCH3 is 1. The van der Waals surface area contributed by atoms with Gasteiger partial charge in [0.15, 0.2) is 0 Å². The molecule has 0 radical (unpaired) electrons. The smallest absolute Gasteiger partial charge is 0.0587 e.